The summed E-state index contributed by atoms with van der Waals surface area (Å²) in [6.07, 6.45) is -0.980. The maximum Gasteiger partial charge on any atom is 0.344 e. The lowest BCUT2D eigenvalue weighted by molar-refractivity contribution is -0.155. The first kappa shape index (κ1) is 19.5. The SMILES string of the molecule is Cc1cc(NC(=O)C(C)OC(=O)COc2ccc(C(C)(C)C)cc2)no1. The molecule has 1 unspecified atom stereocenters. The molecule has 7 heteroatoms. The standard InChI is InChI=1S/C19H24N2O5/c1-12-10-16(21-26-12)20-18(23)13(2)25-17(22)11-24-15-8-6-14(7-9-15)19(3,4)5/h6-10,13H,11H2,1-5H3,(H,20,21,23). The maximum absolute atomic E-state index is 12.0. The summed E-state index contributed by atoms with van der Waals surface area (Å²) in [6.45, 7) is 9.25. The second-order valence-corrected chi connectivity index (χ2v) is 7.01. The summed E-state index contributed by atoms with van der Waals surface area (Å²) in [6, 6.07) is 9.08. The number of rotatable bonds is 6. The van der Waals surface area contributed by atoms with Crippen molar-refractivity contribution in [3.8, 4) is 5.75 Å². The van der Waals surface area contributed by atoms with E-state index >= 15 is 0 Å². The summed E-state index contributed by atoms with van der Waals surface area (Å²) in [5.74, 6) is 0.261. The van der Waals surface area contributed by atoms with Crippen molar-refractivity contribution in [1.82, 2.24) is 5.16 Å². The van der Waals surface area contributed by atoms with E-state index in [-0.39, 0.29) is 17.8 Å². The highest BCUT2D eigenvalue weighted by Crippen LogP contribution is 2.24. The van der Waals surface area contributed by atoms with Crippen LogP contribution in [0.4, 0.5) is 5.82 Å². The van der Waals surface area contributed by atoms with Crippen LogP contribution in [0.5, 0.6) is 5.75 Å². The molecular weight excluding hydrogens is 336 g/mol. The second kappa shape index (κ2) is 8.03. The lowest BCUT2D eigenvalue weighted by atomic mass is 9.87. The highest BCUT2D eigenvalue weighted by Gasteiger charge is 2.19. The quantitative estimate of drug-likeness (QED) is 0.796. The van der Waals surface area contributed by atoms with Gasteiger partial charge in [-0.2, -0.15) is 0 Å². The Morgan fingerprint density at radius 3 is 2.42 bits per heavy atom. The predicted octanol–water partition coefficient (Wildman–Crippen LogP) is 3.23. The molecule has 2 rings (SSSR count). The van der Waals surface area contributed by atoms with E-state index in [1.807, 2.05) is 12.1 Å². The highest BCUT2D eigenvalue weighted by molar-refractivity contribution is 5.94. The summed E-state index contributed by atoms with van der Waals surface area (Å²) in [5, 5.41) is 6.15. The third-order valence-electron chi connectivity index (χ3n) is 3.63. The lowest BCUT2D eigenvalue weighted by Gasteiger charge is -2.19. The van der Waals surface area contributed by atoms with E-state index in [4.69, 9.17) is 14.0 Å². The van der Waals surface area contributed by atoms with Gasteiger partial charge < -0.3 is 19.3 Å². The summed E-state index contributed by atoms with van der Waals surface area (Å²) in [5.41, 5.74) is 1.21. The number of nitrogens with one attached hydrogen (secondary N) is 1. The smallest absolute Gasteiger partial charge is 0.344 e. The minimum atomic E-state index is -0.980. The van der Waals surface area contributed by atoms with Crippen molar-refractivity contribution in [3.63, 3.8) is 0 Å². The minimum absolute atomic E-state index is 0.0443. The van der Waals surface area contributed by atoms with E-state index in [1.54, 1.807) is 25.1 Å². The molecule has 1 amide bonds. The third-order valence-corrected chi connectivity index (χ3v) is 3.63. The van der Waals surface area contributed by atoms with Crippen LogP contribution in [0, 0.1) is 6.92 Å². The average molecular weight is 360 g/mol. The van der Waals surface area contributed by atoms with Crippen molar-refractivity contribution in [2.24, 2.45) is 0 Å². The van der Waals surface area contributed by atoms with Gasteiger partial charge in [-0.1, -0.05) is 38.1 Å². The van der Waals surface area contributed by atoms with E-state index in [0.717, 1.165) is 0 Å². The van der Waals surface area contributed by atoms with Crippen LogP contribution in [0.1, 0.15) is 39.0 Å². The van der Waals surface area contributed by atoms with Gasteiger partial charge in [0.05, 0.1) is 0 Å². The van der Waals surface area contributed by atoms with Crippen LogP contribution < -0.4 is 10.1 Å². The molecule has 140 valence electrons. The number of carbonyl (C=O) groups is 2. The van der Waals surface area contributed by atoms with Crippen LogP contribution in [-0.4, -0.2) is 29.7 Å². The van der Waals surface area contributed by atoms with Crippen LogP contribution in [0.25, 0.3) is 0 Å². The number of carbonyl (C=O) groups excluding carboxylic acids is 2. The second-order valence-electron chi connectivity index (χ2n) is 7.01. The maximum atomic E-state index is 12.0. The summed E-state index contributed by atoms with van der Waals surface area (Å²) in [4.78, 5) is 23.8. The Labute approximate surface area is 152 Å². The number of aryl methyl sites for hydroxylation is 1. The topological polar surface area (TPSA) is 90.7 Å². The average Bonchev–Trinajstić information content (AvgIpc) is 2.97. The van der Waals surface area contributed by atoms with E-state index in [9.17, 15) is 9.59 Å². The number of hydrogen-bond acceptors (Lipinski definition) is 6. The summed E-state index contributed by atoms with van der Waals surface area (Å²) in [7, 11) is 0. The Morgan fingerprint density at radius 2 is 1.88 bits per heavy atom. The van der Waals surface area contributed by atoms with Gasteiger partial charge in [-0.15, -0.1) is 0 Å². The van der Waals surface area contributed by atoms with Crippen LogP contribution >= 0.6 is 0 Å². The molecule has 0 spiro atoms. The summed E-state index contributed by atoms with van der Waals surface area (Å²) < 4.78 is 15.3. The van der Waals surface area contributed by atoms with Crippen molar-refractivity contribution in [2.75, 3.05) is 11.9 Å². The van der Waals surface area contributed by atoms with E-state index in [0.29, 0.717) is 11.5 Å². The van der Waals surface area contributed by atoms with Gasteiger partial charge in [0.15, 0.2) is 18.5 Å². The van der Waals surface area contributed by atoms with Gasteiger partial charge in [0.25, 0.3) is 5.91 Å². The molecule has 0 aliphatic rings. The molecule has 0 fully saturated rings. The van der Waals surface area contributed by atoms with Gasteiger partial charge in [-0.3, -0.25) is 4.79 Å². The zero-order chi connectivity index (χ0) is 19.3. The van der Waals surface area contributed by atoms with Gasteiger partial charge in [-0.05, 0) is 37.0 Å². The zero-order valence-electron chi connectivity index (χ0n) is 15.7. The van der Waals surface area contributed by atoms with Crippen molar-refractivity contribution in [3.05, 3.63) is 41.7 Å². The monoisotopic (exact) mass is 360 g/mol. The highest BCUT2D eigenvalue weighted by atomic mass is 16.6. The number of ether oxygens (including phenoxy) is 2. The molecule has 0 radical (unpaired) electrons. The normalized spacial score (nSPS) is 12.3. The zero-order valence-corrected chi connectivity index (χ0v) is 15.7. The number of nitrogens with zero attached hydrogens (tertiary/aromatic N) is 1. The molecule has 7 nitrogen and oxygen atoms in total. The van der Waals surface area contributed by atoms with Gasteiger partial charge >= 0.3 is 5.97 Å². The fraction of sp³-hybridized carbons (Fsp3) is 0.421. The molecule has 0 saturated carbocycles. The molecule has 0 bridgehead atoms. The Hall–Kier alpha value is -2.83. The first-order chi connectivity index (χ1) is 12.1. The largest absolute Gasteiger partial charge is 0.482 e. The van der Waals surface area contributed by atoms with Crippen molar-refractivity contribution in [2.45, 2.75) is 46.1 Å². The fourth-order valence-electron chi connectivity index (χ4n) is 2.13. The van der Waals surface area contributed by atoms with Crippen molar-refractivity contribution >= 4 is 17.7 Å². The first-order valence-corrected chi connectivity index (χ1v) is 8.32. The van der Waals surface area contributed by atoms with Gasteiger partial charge in [-0.25, -0.2) is 4.79 Å². The third kappa shape index (κ3) is 5.61. The molecule has 2 aromatic rings. The Morgan fingerprint density at radius 1 is 1.23 bits per heavy atom. The molecule has 1 atom stereocenters. The van der Waals surface area contributed by atoms with E-state index in [2.05, 4.69) is 31.2 Å². The lowest BCUT2D eigenvalue weighted by Crippen LogP contribution is -2.31. The van der Waals surface area contributed by atoms with Crippen molar-refractivity contribution < 1.29 is 23.6 Å². The van der Waals surface area contributed by atoms with Crippen LogP contribution in [0.2, 0.25) is 0 Å². The van der Waals surface area contributed by atoms with Crippen LogP contribution in [0.15, 0.2) is 34.9 Å². The number of benzene rings is 1. The Bertz CT molecular complexity index is 759. The number of hydrogen-bond donors (Lipinski definition) is 1. The fourth-order valence-corrected chi connectivity index (χ4v) is 2.13. The molecule has 26 heavy (non-hydrogen) atoms. The van der Waals surface area contributed by atoms with Crippen LogP contribution in [-0.2, 0) is 19.7 Å². The van der Waals surface area contributed by atoms with Crippen LogP contribution in [0.3, 0.4) is 0 Å². The molecule has 1 N–H and O–H groups in total. The number of aromatic nitrogens is 1. The number of anilines is 1. The molecule has 0 aliphatic heterocycles. The minimum Gasteiger partial charge on any atom is -0.482 e. The summed E-state index contributed by atoms with van der Waals surface area (Å²) >= 11 is 0. The molecule has 1 heterocycles. The molecule has 0 aliphatic carbocycles. The Balaban J connectivity index is 1.79. The van der Waals surface area contributed by atoms with E-state index < -0.39 is 18.0 Å². The molecule has 1 aromatic heterocycles. The van der Waals surface area contributed by atoms with Gasteiger partial charge in [0, 0.05) is 6.07 Å². The van der Waals surface area contributed by atoms with Gasteiger partial charge in [0.2, 0.25) is 0 Å². The molecule has 1 aromatic carbocycles. The van der Waals surface area contributed by atoms with E-state index in [1.165, 1.54) is 12.5 Å². The van der Waals surface area contributed by atoms with Crippen molar-refractivity contribution in [1.29, 1.82) is 0 Å². The van der Waals surface area contributed by atoms with Gasteiger partial charge in [0.1, 0.15) is 11.5 Å². The number of esters is 1. The predicted molar refractivity (Wildman–Crippen MR) is 96.1 cm³/mol. The first-order valence-electron chi connectivity index (χ1n) is 8.32. The molecule has 0 saturated heterocycles. The number of amides is 1. The Kier molecular flexibility index (Phi) is 6.02. The molecular formula is C19H24N2O5.